The second-order valence-electron chi connectivity index (χ2n) is 5.22. The first-order valence-electron chi connectivity index (χ1n) is 6.20. The minimum absolute atomic E-state index is 0.00921. The summed E-state index contributed by atoms with van der Waals surface area (Å²) in [5.74, 6) is 0. The first kappa shape index (κ1) is 10.3. The van der Waals surface area contributed by atoms with Crippen LogP contribution >= 0.6 is 0 Å². The molecule has 3 atom stereocenters. The Morgan fingerprint density at radius 2 is 1.88 bits per heavy atom. The van der Waals surface area contributed by atoms with Crippen molar-refractivity contribution in [1.82, 2.24) is 4.90 Å². The molecule has 16 heavy (non-hydrogen) atoms. The highest BCUT2D eigenvalue weighted by atomic mass is 19.1. The van der Waals surface area contributed by atoms with Gasteiger partial charge in [-0.2, -0.15) is 0 Å². The third-order valence-electron chi connectivity index (χ3n) is 4.01. The first-order valence-corrected chi connectivity index (χ1v) is 6.20. The van der Waals surface area contributed by atoms with Crippen molar-refractivity contribution < 1.29 is 4.39 Å². The number of rotatable bonds is 1. The van der Waals surface area contributed by atoms with Crippen molar-refractivity contribution in [3.8, 4) is 0 Å². The minimum Gasteiger partial charge on any atom is -0.284 e. The Bertz CT molecular complexity index is 401. The smallest absolute Gasteiger partial charge is 0.120 e. The van der Waals surface area contributed by atoms with Gasteiger partial charge in [-0.3, -0.25) is 4.90 Å². The lowest BCUT2D eigenvalue weighted by Gasteiger charge is -2.40. The highest BCUT2D eigenvalue weighted by molar-refractivity contribution is 5.39. The summed E-state index contributed by atoms with van der Waals surface area (Å²) >= 11 is 0. The predicted molar refractivity (Wildman–Crippen MR) is 63.0 cm³/mol. The normalized spacial score (nSPS) is 33.1. The summed E-state index contributed by atoms with van der Waals surface area (Å²) in [5.41, 5.74) is 2.59. The number of hydrogen-bond acceptors (Lipinski definition) is 1. The van der Waals surface area contributed by atoms with E-state index in [1.165, 1.54) is 11.1 Å². The van der Waals surface area contributed by atoms with E-state index < -0.39 is 6.17 Å². The van der Waals surface area contributed by atoms with Crippen LogP contribution in [0.4, 0.5) is 4.39 Å². The fourth-order valence-corrected chi connectivity index (χ4v) is 3.44. The van der Waals surface area contributed by atoms with E-state index >= 15 is 0 Å². The molecule has 86 valence electrons. The molecular formula is C14H18FN. The number of alkyl halides is 1. The maximum Gasteiger partial charge on any atom is 0.120 e. The fourth-order valence-electron chi connectivity index (χ4n) is 3.44. The van der Waals surface area contributed by atoms with Crippen LogP contribution < -0.4 is 0 Å². The SMILES string of the molecule is CC(C)N1C2CCC(F)C1c1ccccc12. The van der Waals surface area contributed by atoms with Gasteiger partial charge in [-0.05, 0) is 37.8 Å². The third kappa shape index (κ3) is 1.26. The highest BCUT2D eigenvalue weighted by Gasteiger charge is 2.46. The molecule has 0 radical (unpaired) electrons. The molecule has 0 saturated carbocycles. The van der Waals surface area contributed by atoms with Gasteiger partial charge in [0.1, 0.15) is 6.17 Å². The predicted octanol–water partition coefficient (Wildman–Crippen LogP) is 3.62. The molecule has 0 N–H and O–H groups in total. The quantitative estimate of drug-likeness (QED) is 0.697. The Morgan fingerprint density at radius 3 is 2.56 bits per heavy atom. The van der Waals surface area contributed by atoms with Crippen LogP contribution in [0.1, 0.15) is 49.9 Å². The minimum atomic E-state index is -0.692. The summed E-state index contributed by atoms with van der Waals surface area (Å²) in [4.78, 5) is 2.36. The number of nitrogens with zero attached hydrogens (tertiary/aromatic N) is 1. The third-order valence-corrected chi connectivity index (χ3v) is 4.01. The molecule has 2 heterocycles. The Hall–Kier alpha value is -0.890. The van der Waals surface area contributed by atoms with Gasteiger partial charge >= 0.3 is 0 Å². The van der Waals surface area contributed by atoms with E-state index in [4.69, 9.17) is 0 Å². The molecular weight excluding hydrogens is 201 g/mol. The van der Waals surface area contributed by atoms with E-state index in [9.17, 15) is 4.39 Å². The van der Waals surface area contributed by atoms with E-state index in [1.54, 1.807) is 0 Å². The first-order chi connectivity index (χ1) is 7.70. The summed E-state index contributed by atoms with van der Waals surface area (Å²) in [6.45, 7) is 4.34. The molecule has 1 fully saturated rings. The van der Waals surface area contributed by atoms with Crippen molar-refractivity contribution in [2.75, 3.05) is 0 Å². The second-order valence-corrected chi connectivity index (χ2v) is 5.22. The van der Waals surface area contributed by atoms with Gasteiger partial charge < -0.3 is 0 Å². The molecule has 0 aromatic heterocycles. The van der Waals surface area contributed by atoms with Crippen molar-refractivity contribution in [2.24, 2.45) is 0 Å². The van der Waals surface area contributed by atoms with Crippen LogP contribution in [0.5, 0.6) is 0 Å². The topological polar surface area (TPSA) is 3.24 Å². The maximum absolute atomic E-state index is 14.1. The van der Waals surface area contributed by atoms with Crippen LogP contribution in [0, 0.1) is 0 Å². The lowest BCUT2D eigenvalue weighted by atomic mass is 9.97. The van der Waals surface area contributed by atoms with E-state index in [1.807, 2.05) is 6.07 Å². The van der Waals surface area contributed by atoms with Gasteiger partial charge in [0.2, 0.25) is 0 Å². The standard InChI is InChI=1S/C14H18FN/c1-9(2)16-13-8-7-12(15)14(16)11-6-4-3-5-10(11)13/h3-6,9,12-14H,7-8H2,1-2H3. The molecule has 2 aliphatic heterocycles. The second kappa shape index (κ2) is 3.56. The molecule has 1 aromatic carbocycles. The van der Waals surface area contributed by atoms with Crippen molar-refractivity contribution >= 4 is 0 Å². The number of hydrogen-bond donors (Lipinski definition) is 0. The lowest BCUT2D eigenvalue weighted by Crippen LogP contribution is -2.40. The molecule has 0 amide bonds. The van der Waals surface area contributed by atoms with Gasteiger partial charge in [-0.25, -0.2) is 4.39 Å². The lowest BCUT2D eigenvalue weighted by molar-refractivity contribution is 0.0159. The van der Waals surface area contributed by atoms with Crippen LogP contribution in [0.15, 0.2) is 24.3 Å². The fraction of sp³-hybridized carbons (Fsp3) is 0.571. The molecule has 2 aliphatic rings. The van der Waals surface area contributed by atoms with Gasteiger partial charge in [0, 0.05) is 12.1 Å². The molecule has 3 rings (SSSR count). The number of halogens is 1. The van der Waals surface area contributed by atoms with Gasteiger partial charge in [0.25, 0.3) is 0 Å². The zero-order valence-corrected chi connectivity index (χ0v) is 9.86. The maximum atomic E-state index is 14.1. The summed E-state index contributed by atoms with van der Waals surface area (Å²) in [5, 5.41) is 0. The zero-order valence-electron chi connectivity index (χ0n) is 9.86. The van der Waals surface area contributed by atoms with Gasteiger partial charge in [-0.15, -0.1) is 0 Å². The largest absolute Gasteiger partial charge is 0.284 e. The Labute approximate surface area is 96.3 Å². The van der Waals surface area contributed by atoms with Crippen molar-refractivity contribution in [3.63, 3.8) is 0 Å². The monoisotopic (exact) mass is 219 g/mol. The van der Waals surface area contributed by atoms with Crippen LogP contribution in [0.3, 0.4) is 0 Å². The molecule has 1 aromatic rings. The number of benzene rings is 1. The molecule has 0 aliphatic carbocycles. The van der Waals surface area contributed by atoms with Crippen molar-refractivity contribution in [2.45, 2.75) is 51.0 Å². The Morgan fingerprint density at radius 1 is 1.19 bits per heavy atom. The molecule has 2 heteroatoms. The van der Waals surface area contributed by atoms with Crippen LogP contribution in [0.2, 0.25) is 0 Å². The highest BCUT2D eigenvalue weighted by Crippen LogP contribution is 2.52. The summed E-state index contributed by atoms with van der Waals surface area (Å²) in [7, 11) is 0. The zero-order chi connectivity index (χ0) is 11.3. The molecule has 2 bridgehead atoms. The van der Waals surface area contributed by atoms with Crippen molar-refractivity contribution in [1.29, 1.82) is 0 Å². The summed E-state index contributed by atoms with van der Waals surface area (Å²) < 4.78 is 14.1. The molecule has 1 nitrogen and oxygen atoms in total. The van der Waals surface area contributed by atoms with Crippen LogP contribution in [-0.4, -0.2) is 17.1 Å². The van der Waals surface area contributed by atoms with E-state index in [0.717, 1.165) is 6.42 Å². The average molecular weight is 219 g/mol. The number of piperidine rings is 1. The Kier molecular flexibility index (Phi) is 2.28. The van der Waals surface area contributed by atoms with Gasteiger partial charge in [0.15, 0.2) is 0 Å². The summed E-state index contributed by atoms with van der Waals surface area (Å²) in [6.07, 6.45) is 0.988. The van der Waals surface area contributed by atoms with E-state index in [-0.39, 0.29) is 6.04 Å². The average Bonchev–Trinajstić information content (AvgIpc) is 2.54. The molecule has 1 saturated heterocycles. The van der Waals surface area contributed by atoms with Gasteiger partial charge in [0.05, 0.1) is 6.04 Å². The van der Waals surface area contributed by atoms with Crippen LogP contribution in [0.25, 0.3) is 0 Å². The van der Waals surface area contributed by atoms with E-state index in [2.05, 4.69) is 36.9 Å². The van der Waals surface area contributed by atoms with Crippen LogP contribution in [-0.2, 0) is 0 Å². The Balaban J connectivity index is 2.11. The number of fused-ring (bicyclic) bond motifs is 5. The van der Waals surface area contributed by atoms with Gasteiger partial charge in [-0.1, -0.05) is 24.3 Å². The molecule has 3 unspecified atom stereocenters. The summed E-state index contributed by atoms with van der Waals surface area (Å²) in [6, 6.07) is 9.26. The molecule has 0 spiro atoms. The van der Waals surface area contributed by atoms with E-state index in [0.29, 0.717) is 18.5 Å². The van der Waals surface area contributed by atoms with Crippen molar-refractivity contribution in [3.05, 3.63) is 35.4 Å².